The van der Waals surface area contributed by atoms with E-state index >= 15 is 0 Å². The first-order valence-corrected chi connectivity index (χ1v) is 7.92. The summed E-state index contributed by atoms with van der Waals surface area (Å²) in [4.78, 5) is 27.8. The Bertz CT molecular complexity index is 730. The number of hydrogen-bond donors (Lipinski definition) is 3. The minimum Gasteiger partial charge on any atom is -0.480 e. The van der Waals surface area contributed by atoms with Gasteiger partial charge in [0.05, 0.1) is 5.52 Å². The Balaban J connectivity index is 2.09. The third kappa shape index (κ3) is 4.76. The Labute approximate surface area is 140 Å². The van der Waals surface area contributed by atoms with Gasteiger partial charge in [0.25, 0.3) is 0 Å². The van der Waals surface area contributed by atoms with Crippen LogP contribution in [0.3, 0.4) is 0 Å². The fourth-order valence-corrected chi connectivity index (χ4v) is 2.45. The Morgan fingerprint density at radius 2 is 1.88 bits per heavy atom. The van der Waals surface area contributed by atoms with Crippen molar-refractivity contribution in [1.82, 2.24) is 10.3 Å². The topological polar surface area (TPSA) is 99.5 Å². The number of aliphatic hydroxyl groups excluding tert-OH is 1. The number of fused-ring (bicyclic) bond motifs is 1. The second-order valence-electron chi connectivity index (χ2n) is 6.24. The maximum Gasteiger partial charge on any atom is 0.326 e. The highest BCUT2D eigenvalue weighted by atomic mass is 16.4. The molecule has 0 unspecified atom stereocenters. The maximum atomic E-state index is 12.0. The number of nitrogens with one attached hydrogen (secondary N) is 1. The van der Waals surface area contributed by atoms with Gasteiger partial charge in [-0.3, -0.25) is 9.78 Å². The predicted molar refractivity (Wildman–Crippen MR) is 90.5 cm³/mol. The molecule has 1 heterocycles. The molecule has 0 bridgehead atoms. The summed E-state index contributed by atoms with van der Waals surface area (Å²) in [6, 6.07) is 10.0. The van der Waals surface area contributed by atoms with Gasteiger partial charge in [0, 0.05) is 17.5 Å². The SMILES string of the molecule is CC(C)C[C@H](O)C(=O)N[C@@H](Cc1ccc2ccccc2n1)C(=O)O. The molecular formula is C18H22N2O4. The second kappa shape index (κ2) is 7.88. The number of rotatable bonds is 7. The molecule has 0 aliphatic heterocycles. The fourth-order valence-electron chi connectivity index (χ4n) is 2.45. The maximum absolute atomic E-state index is 12.0. The number of benzene rings is 1. The standard InChI is InChI=1S/C18H22N2O4/c1-11(2)9-16(21)17(22)20-15(18(23)24)10-13-8-7-12-5-3-4-6-14(12)19-13/h3-8,11,15-16,21H,9-10H2,1-2H3,(H,20,22)(H,23,24)/t15-,16-/m0/s1. The van der Waals surface area contributed by atoms with Crippen LogP contribution in [-0.2, 0) is 16.0 Å². The molecule has 0 aliphatic carbocycles. The zero-order valence-electron chi connectivity index (χ0n) is 13.8. The van der Waals surface area contributed by atoms with Crippen molar-refractivity contribution in [1.29, 1.82) is 0 Å². The van der Waals surface area contributed by atoms with Gasteiger partial charge in [0.2, 0.25) is 5.91 Å². The molecule has 2 rings (SSSR count). The molecule has 2 aromatic rings. The number of aromatic nitrogens is 1. The van der Waals surface area contributed by atoms with Crippen molar-refractivity contribution in [2.24, 2.45) is 5.92 Å². The summed E-state index contributed by atoms with van der Waals surface area (Å²) in [5.41, 5.74) is 1.34. The van der Waals surface area contributed by atoms with E-state index in [9.17, 15) is 19.8 Å². The Kier molecular flexibility index (Phi) is 5.87. The smallest absolute Gasteiger partial charge is 0.326 e. The molecule has 24 heavy (non-hydrogen) atoms. The van der Waals surface area contributed by atoms with Crippen molar-refractivity contribution < 1.29 is 19.8 Å². The minimum absolute atomic E-state index is 0.0559. The molecule has 0 spiro atoms. The van der Waals surface area contributed by atoms with Gasteiger partial charge >= 0.3 is 5.97 Å². The van der Waals surface area contributed by atoms with E-state index in [1.807, 2.05) is 44.2 Å². The number of pyridine rings is 1. The molecule has 6 heteroatoms. The number of carboxylic acids is 1. The quantitative estimate of drug-likeness (QED) is 0.718. The Hall–Kier alpha value is -2.47. The summed E-state index contributed by atoms with van der Waals surface area (Å²) in [7, 11) is 0. The van der Waals surface area contributed by atoms with E-state index in [4.69, 9.17) is 0 Å². The average Bonchev–Trinajstić information content (AvgIpc) is 2.53. The fraction of sp³-hybridized carbons (Fsp3) is 0.389. The highest BCUT2D eigenvalue weighted by molar-refractivity contribution is 5.86. The molecule has 6 nitrogen and oxygen atoms in total. The van der Waals surface area contributed by atoms with E-state index in [-0.39, 0.29) is 18.8 Å². The lowest BCUT2D eigenvalue weighted by Gasteiger charge is -2.18. The summed E-state index contributed by atoms with van der Waals surface area (Å²) < 4.78 is 0. The van der Waals surface area contributed by atoms with Crippen molar-refractivity contribution in [3.05, 3.63) is 42.1 Å². The van der Waals surface area contributed by atoms with Crippen LogP contribution in [0.5, 0.6) is 0 Å². The van der Waals surface area contributed by atoms with Crippen LogP contribution >= 0.6 is 0 Å². The van der Waals surface area contributed by atoms with Crippen LogP contribution in [0.1, 0.15) is 26.0 Å². The van der Waals surface area contributed by atoms with Gasteiger partial charge in [0.1, 0.15) is 12.1 Å². The molecule has 1 amide bonds. The molecule has 1 aromatic heterocycles. The van der Waals surface area contributed by atoms with Gasteiger partial charge in [-0.15, -0.1) is 0 Å². The number of aliphatic hydroxyl groups is 1. The largest absolute Gasteiger partial charge is 0.480 e. The van der Waals surface area contributed by atoms with Crippen LogP contribution in [0.4, 0.5) is 0 Å². The highest BCUT2D eigenvalue weighted by Gasteiger charge is 2.25. The van der Waals surface area contributed by atoms with Crippen LogP contribution in [0, 0.1) is 5.92 Å². The van der Waals surface area contributed by atoms with Gasteiger partial charge < -0.3 is 15.5 Å². The van der Waals surface area contributed by atoms with Crippen LogP contribution in [0.25, 0.3) is 10.9 Å². The summed E-state index contributed by atoms with van der Waals surface area (Å²) in [5.74, 6) is -1.69. The molecular weight excluding hydrogens is 308 g/mol. The number of carboxylic acid groups (broad SMARTS) is 1. The van der Waals surface area contributed by atoms with E-state index in [1.54, 1.807) is 6.07 Å². The van der Waals surface area contributed by atoms with E-state index in [2.05, 4.69) is 10.3 Å². The number of amides is 1. The van der Waals surface area contributed by atoms with Crippen molar-refractivity contribution in [3.8, 4) is 0 Å². The molecule has 0 saturated heterocycles. The third-order valence-corrected chi connectivity index (χ3v) is 3.68. The van der Waals surface area contributed by atoms with Crippen LogP contribution < -0.4 is 5.32 Å². The Morgan fingerprint density at radius 1 is 1.17 bits per heavy atom. The monoisotopic (exact) mass is 330 g/mol. The summed E-state index contributed by atoms with van der Waals surface area (Å²) in [5, 5.41) is 22.5. The number of hydrogen-bond acceptors (Lipinski definition) is 4. The number of para-hydroxylation sites is 1. The molecule has 0 aliphatic rings. The number of carbonyl (C=O) groups is 2. The lowest BCUT2D eigenvalue weighted by atomic mass is 10.0. The van der Waals surface area contributed by atoms with Gasteiger partial charge in [0.15, 0.2) is 0 Å². The minimum atomic E-state index is -1.21. The normalized spacial score (nSPS) is 13.7. The molecule has 1 aromatic carbocycles. The molecule has 2 atom stereocenters. The zero-order valence-corrected chi connectivity index (χ0v) is 13.8. The predicted octanol–water partition coefficient (Wildman–Crippen LogP) is 1.75. The van der Waals surface area contributed by atoms with Crippen molar-refractivity contribution in [2.75, 3.05) is 0 Å². The molecule has 0 fully saturated rings. The van der Waals surface area contributed by atoms with Crippen molar-refractivity contribution in [2.45, 2.75) is 38.8 Å². The van der Waals surface area contributed by atoms with E-state index in [1.165, 1.54) is 0 Å². The number of carbonyl (C=O) groups excluding carboxylic acids is 1. The summed E-state index contributed by atoms with van der Waals surface area (Å²) in [6.07, 6.45) is -0.872. The number of aliphatic carboxylic acids is 1. The van der Waals surface area contributed by atoms with Gasteiger partial charge in [-0.25, -0.2) is 4.79 Å². The highest BCUT2D eigenvalue weighted by Crippen LogP contribution is 2.13. The Morgan fingerprint density at radius 3 is 2.54 bits per heavy atom. The molecule has 0 saturated carbocycles. The molecule has 128 valence electrons. The van der Waals surface area contributed by atoms with Crippen molar-refractivity contribution in [3.63, 3.8) is 0 Å². The van der Waals surface area contributed by atoms with Gasteiger partial charge in [-0.2, -0.15) is 0 Å². The first kappa shape index (κ1) is 17.9. The van der Waals surface area contributed by atoms with E-state index in [0.717, 1.165) is 10.9 Å². The van der Waals surface area contributed by atoms with E-state index in [0.29, 0.717) is 5.69 Å². The lowest BCUT2D eigenvalue weighted by molar-refractivity contribution is -0.143. The second-order valence-corrected chi connectivity index (χ2v) is 6.24. The molecule has 3 N–H and O–H groups in total. The van der Waals surface area contributed by atoms with Crippen LogP contribution in [0.15, 0.2) is 36.4 Å². The third-order valence-electron chi connectivity index (χ3n) is 3.68. The summed E-state index contributed by atoms with van der Waals surface area (Å²) >= 11 is 0. The van der Waals surface area contributed by atoms with Crippen LogP contribution in [0.2, 0.25) is 0 Å². The van der Waals surface area contributed by atoms with Crippen molar-refractivity contribution >= 4 is 22.8 Å². The molecule has 0 radical (unpaired) electrons. The van der Waals surface area contributed by atoms with Crippen LogP contribution in [-0.4, -0.2) is 39.2 Å². The zero-order chi connectivity index (χ0) is 17.7. The number of nitrogens with zero attached hydrogens (tertiary/aromatic N) is 1. The van der Waals surface area contributed by atoms with E-state index < -0.39 is 24.0 Å². The van der Waals surface area contributed by atoms with Gasteiger partial charge in [-0.1, -0.05) is 38.1 Å². The van der Waals surface area contributed by atoms with Gasteiger partial charge in [-0.05, 0) is 24.5 Å². The summed E-state index contributed by atoms with van der Waals surface area (Å²) in [6.45, 7) is 3.76. The first-order chi connectivity index (χ1) is 11.4. The lowest BCUT2D eigenvalue weighted by Crippen LogP contribution is -2.47. The average molecular weight is 330 g/mol. The first-order valence-electron chi connectivity index (χ1n) is 7.92.